The van der Waals surface area contributed by atoms with Crippen LogP contribution in [-0.4, -0.2) is 62.7 Å². The Hall–Kier alpha value is -3.30. The van der Waals surface area contributed by atoms with E-state index in [4.69, 9.17) is 14.2 Å². The number of rotatable bonds is 11. The van der Waals surface area contributed by atoms with Crippen molar-refractivity contribution in [3.05, 3.63) is 96.1 Å². The molecule has 0 atom stereocenters. The molecule has 4 aromatic carbocycles. The van der Waals surface area contributed by atoms with Crippen molar-refractivity contribution in [2.75, 3.05) is 47.8 Å². The normalized spacial score (nSPS) is 10.8. The number of phenolic OH excluding ortho intramolecular Hbond substituents is 1. The van der Waals surface area contributed by atoms with E-state index in [0.29, 0.717) is 6.54 Å². The van der Waals surface area contributed by atoms with Crippen molar-refractivity contribution in [3.8, 4) is 34.5 Å². The molecule has 0 fully saturated rings. The fourth-order valence-corrected chi connectivity index (χ4v) is 4.73. The number of phenols is 1. The zero-order valence-corrected chi connectivity index (χ0v) is 26.5. The van der Waals surface area contributed by atoms with Gasteiger partial charge in [-0.25, -0.2) is 0 Å². The molecule has 0 saturated carbocycles. The Labute approximate surface area is 253 Å². The third-order valence-electron chi connectivity index (χ3n) is 5.86. The minimum atomic E-state index is 0.256. The van der Waals surface area contributed by atoms with Crippen LogP contribution in [0.2, 0.25) is 0 Å². The first-order chi connectivity index (χ1) is 19.7. The van der Waals surface area contributed by atoms with Crippen LogP contribution in [0.3, 0.4) is 0 Å². The van der Waals surface area contributed by atoms with Crippen molar-refractivity contribution >= 4 is 23.5 Å². The number of nitrogens with zero attached hydrogens (tertiary/aromatic N) is 2. The highest BCUT2D eigenvalue weighted by Crippen LogP contribution is 2.31. The van der Waals surface area contributed by atoms with Gasteiger partial charge in [0.15, 0.2) is 0 Å². The zero-order chi connectivity index (χ0) is 29.8. The van der Waals surface area contributed by atoms with E-state index >= 15 is 0 Å². The molecule has 0 aliphatic carbocycles. The molecule has 0 radical (unpaired) electrons. The van der Waals surface area contributed by atoms with Crippen molar-refractivity contribution in [2.24, 2.45) is 0 Å². The number of hydrogen-bond donors (Lipinski definition) is 1. The number of benzene rings is 4. The summed E-state index contributed by atoms with van der Waals surface area (Å²) in [5.74, 6) is 4.38. The molecule has 0 aliphatic rings. The highest BCUT2D eigenvalue weighted by Gasteiger charge is 2.09. The van der Waals surface area contributed by atoms with Crippen molar-refractivity contribution < 1.29 is 19.3 Å². The van der Waals surface area contributed by atoms with Gasteiger partial charge in [0, 0.05) is 34.0 Å². The number of aromatic hydroxyl groups is 1. The lowest BCUT2D eigenvalue weighted by Gasteiger charge is -2.16. The fourth-order valence-electron chi connectivity index (χ4n) is 3.92. The van der Waals surface area contributed by atoms with Gasteiger partial charge in [0.25, 0.3) is 0 Å². The van der Waals surface area contributed by atoms with E-state index in [1.54, 1.807) is 48.8 Å². The number of methoxy groups -OCH3 is 1. The third kappa shape index (κ3) is 10.6. The average Bonchev–Trinajstić information content (AvgIpc) is 2.96. The molecule has 41 heavy (non-hydrogen) atoms. The van der Waals surface area contributed by atoms with E-state index in [-0.39, 0.29) is 5.75 Å². The van der Waals surface area contributed by atoms with Crippen LogP contribution in [-0.2, 0) is 13.1 Å². The van der Waals surface area contributed by atoms with E-state index in [0.717, 1.165) is 46.4 Å². The molecule has 218 valence electrons. The molecule has 0 aromatic heterocycles. The van der Waals surface area contributed by atoms with Crippen LogP contribution in [0.25, 0.3) is 0 Å². The van der Waals surface area contributed by atoms with Crippen LogP contribution < -0.4 is 14.2 Å². The van der Waals surface area contributed by atoms with Gasteiger partial charge in [-0.3, -0.25) is 0 Å². The molecular formula is C33H40N2O4S2. The van der Waals surface area contributed by atoms with Gasteiger partial charge in [0.2, 0.25) is 0 Å². The molecule has 0 spiro atoms. The topological polar surface area (TPSA) is 54.4 Å². The second kappa shape index (κ2) is 16.2. The van der Waals surface area contributed by atoms with E-state index in [2.05, 4.69) is 23.3 Å². The van der Waals surface area contributed by atoms with Crippen LogP contribution in [0, 0.1) is 0 Å². The van der Waals surface area contributed by atoms with Crippen LogP contribution in [0.15, 0.2) is 94.7 Å². The number of thioether (sulfide) groups is 2. The minimum Gasteiger partial charge on any atom is -0.508 e. The van der Waals surface area contributed by atoms with Gasteiger partial charge in [-0.05, 0) is 126 Å². The number of hydrogen-bond acceptors (Lipinski definition) is 8. The summed E-state index contributed by atoms with van der Waals surface area (Å²) in [6.45, 7) is 1.52. The van der Waals surface area contributed by atoms with Gasteiger partial charge in [-0.2, -0.15) is 0 Å². The molecule has 0 heterocycles. The van der Waals surface area contributed by atoms with Crippen LogP contribution in [0.4, 0.5) is 0 Å². The van der Waals surface area contributed by atoms with E-state index in [9.17, 15) is 5.11 Å². The maximum Gasteiger partial charge on any atom is 0.132 e. The Morgan fingerprint density at radius 1 is 0.585 bits per heavy atom. The lowest BCUT2D eigenvalue weighted by Crippen LogP contribution is -2.11. The predicted octanol–water partition coefficient (Wildman–Crippen LogP) is 8.24. The maximum absolute atomic E-state index is 9.61. The summed E-state index contributed by atoms with van der Waals surface area (Å²) in [6.07, 6.45) is 4.11. The molecule has 8 heteroatoms. The fraction of sp³-hybridized carbons (Fsp3) is 0.273. The molecule has 4 rings (SSSR count). The van der Waals surface area contributed by atoms with Gasteiger partial charge in [0.1, 0.15) is 34.5 Å². The van der Waals surface area contributed by atoms with Gasteiger partial charge >= 0.3 is 0 Å². The summed E-state index contributed by atoms with van der Waals surface area (Å²) in [6, 6.07) is 27.2. The first-order valence-corrected chi connectivity index (χ1v) is 15.6. The van der Waals surface area contributed by atoms with Gasteiger partial charge < -0.3 is 29.1 Å². The summed E-state index contributed by atoms with van der Waals surface area (Å²) in [5.41, 5.74) is 2.07. The van der Waals surface area contributed by atoms with Gasteiger partial charge in [0.05, 0.1) is 7.11 Å². The van der Waals surface area contributed by atoms with Crippen molar-refractivity contribution in [1.29, 1.82) is 0 Å². The summed E-state index contributed by atoms with van der Waals surface area (Å²) >= 11 is 3.42. The maximum atomic E-state index is 9.61. The summed E-state index contributed by atoms with van der Waals surface area (Å²) in [4.78, 5) is 6.58. The van der Waals surface area contributed by atoms with Crippen molar-refractivity contribution in [1.82, 2.24) is 9.80 Å². The monoisotopic (exact) mass is 592 g/mol. The van der Waals surface area contributed by atoms with Gasteiger partial charge in [-0.1, -0.05) is 0 Å². The van der Waals surface area contributed by atoms with Gasteiger partial charge in [-0.15, -0.1) is 23.5 Å². The highest BCUT2D eigenvalue weighted by atomic mass is 32.2. The molecule has 4 aromatic rings. The van der Waals surface area contributed by atoms with E-state index in [1.807, 2.05) is 93.9 Å². The van der Waals surface area contributed by atoms with Crippen LogP contribution in [0.1, 0.15) is 11.1 Å². The van der Waals surface area contributed by atoms with Crippen molar-refractivity contribution in [3.63, 3.8) is 0 Å². The van der Waals surface area contributed by atoms with Crippen LogP contribution in [0.5, 0.6) is 34.5 Å². The highest BCUT2D eigenvalue weighted by molar-refractivity contribution is 7.98. The Kier molecular flexibility index (Phi) is 12.7. The standard InChI is InChI=1S/C17H21NO2S.C16H19NO2S/c1-18(2)12-13-11-15(19-3)7-10-17(13)20-14-5-8-16(21-4)9-6-14;1-17(2)11-12-10-13(18)4-9-16(12)19-14-5-7-15(20-3)8-6-14/h5-11H,12H2,1-4H3;4-10,18H,11H2,1-3H3. The molecular weight excluding hydrogens is 553 g/mol. The summed E-state index contributed by atoms with van der Waals surface area (Å²) in [7, 11) is 9.73. The first kappa shape index (κ1) is 32.2. The zero-order valence-electron chi connectivity index (χ0n) is 24.9. The lowest BCUT2D eigenvalue weighted by atomic mass is 10.1. The second-order valence-electron chi connectivity index (χ2n) is 9.80. The molecule has 1 N–H and O–H groups in total. The third-order valence-corrected chi connectivity index (χ3v) is 7.35. The Bertz CT molecular complexity index is 1360. The molecule has 0 aliphatic heterocycles. The van der Waals surface area contributed by atoms with Crippen molar-refractivity contribution in [2.45, 2.75) is 22.9 Å². The molecule has 0 unspecified atom stereocenters. The SMILES string of the molecule is COc1ccc(Oc2ccc(SC)cc2)c(CN(C)C)c1.CSc1ccc(Oc2ccc(O)cc2CN(C)C)cc1. The molecule has 0 saturated heterocycles. The Morgan fingerprint density at radius 3 is 1.41 bits per heavy atom. The van der Waals surface area contributed by atoms with E-state index in [1.165, 1.54) is 9.79 Å². The van der Waals surface area contributed by atoms with Crippen LogP contribution >= 0.6 is 23.5 Å². The second-order valence-corrected chi connectivity index (χ2v) is 11.6. The molecule has 0 bridgehead atoms. The molecule has 6 nitrogen and oxygen atoms in total. The Balaban J connectivity index is 0.000000226. The predicted molar refractivity (Wildman–Crippen MR) is 172 cm³/mol. The smallest absolute Gasteiger partial charge is 0.132 e. The minimum absolute atomic E-state index is 0.256. The number of ether oxygens (including phenoxy) is 3. The quantitative estimate of drug-likeness (QED) is 0.175. The van der Waals surface area contributed by atoms with E-state index < -0.39 is 0 Å². The lowest BCUT2D eigenvalue weighted by molar-refractivity contribution is 0.382. The summed E-state index contributed by atoms with van der Waals surface area (Å²) < 4.78 is 17.2. The summed E-state index contributed by atoms with van der Waals surface area (Å²) in [5, 5.41) is 9.61. The average molecular weight is 593 g/mol. The Morgan fingerprint density at radius 2 is 1.00 bits per heavy atom. The first-order valence-electron chi connectivity index (χ1n) is 13.1. The largest absolute Gasteiger partial charge is 0.508 e. The molecule has 0 amide bonds.